The van der Waals surface area contributed by atoms with E-state index in [0.29, 0.717) is 78.8 Å². The molecule has 526 valence electrons. The van der Waals surface area contributed by atoms with Gasteiger partial charge in [0.25, 0.3) is 11.8 Å². The first-order valence-electron chi connectivity index (χ1n) is 32.4. The van der Waals surface area contributed by atoms with Crippen molar-refractivity contribution < 1.29 is 94.4 Å². The summed E-state index contributed by atoms with van der Waals surface area (Å²) >= 11 is 0. The van der Waals surface area contributed by atoms with Crippen LogP contribution in [0.2, 0.25) is 0 Å². The lowest BCUT2D eigenvalue weighted by molar-refractivity contribution is -0.197. The van der Waals surface area contributed by atoms with Crippen molar-refractivity contribution in [1.29, 1.82) is 0 Å². The molecule has 0 bridgehead atoms. The standard InChI is InChI=1S/C67H87N9O20S/c1-44(2)52(39-62(84)93-35-34-90-30-8-36-97(88,89)43-63(85)92-31-5-4-9-50(77)10-6-12-61(83)96-76-58(80)22-23-59(76)81)66(86)74-53(11-7-26-71-67(69)87)56(78)37-46-14-16-47(17-15-46)42-94-60(82)24-13-45(3)95-51-20-18-48(19-21-51)54-41-72-65(68)64(73-54)57(79)38-49-40-70-27-25-55(49)75-28-32-91-33-29-75/h14-21,25,27,40-41,44-45,52-53H,4-13,22-24,26,28-39,42-43H2,1-3H3,(H2,68,72)(H,74,86)(H3,69,71,87)/t45?,52-,53-/m1/s1. The zero-order valence-electron chi connectivity index (χ0n) is 55.0. The number of rotatable bonds is 43. The molecule has 30 heteroatoms. The lowest BCUT2D eigenvalue weighted by Crippen LogP contribution is -2.46. The number of carbonyl (C=O) groups is 11. The Labute approximate surface area is 562 Å². The van der Waals surface area contributed by atoms with Crippen LogP contribution in [0, 0.1) is 11.8 Å². The molecular weight excluding hydrogens is 1280 g/mol. The van der Waals surface area contributed by atoms with E-state index in [1.165, 1.54) is 6.20 Å². The number of nitrogens with one attached hydrogen (secondary N) is 2. The number of unbranched alkanes of at least 4 members (excludes halogenated alkanes) is 1. The van der Waals surface area contributed by atoms with Crippen LogP contribution in [0.25, 0.3) is 11.3 Å². The average Bonchev–Trinajstić information content (AvgIpc) is 1.42. The van der Waals surface area contributed by atoms with Crippen LogP contribution in [-0.2, 0) is 101 Å². The highest BCUT2D eigenvalue weighted by Crippen LogP contribution is 2.27. The molecule has 2 aromatic carbocycles. The number of pyridine rings is 1. The second-order valence-electron chi connectivity index (χ2n) is 23.7. The van der Waals surface area contributed by atoms with Crippen LogP contribution < -0.4 is 31.7 Å². The van der Waals surface area contributed by atoms with Crippen LogP contribution in [0.1, 0.15) is 138 Å². The Kier molecular flexibility index (Phi) is 31.4. The molecular formula is C67H87N9O20S. The third-order valence-electron chi connectivity index (χ3n) is 15.6. The SMILES string of the molecule is CC(CCC(=O)OCc1ccc(CC(=O)[C@@H](CCCNC(N)=O)NC(=O)[C@H](CC(=O)OCCOCCCS(=O)(=O)CC(=O)OCCCCC(=O)CCCC(=O)ON2C(=O)CCC2=O)C(C)C)cc1)Oc1ccc(-c2cnc(N)c(C(=O)Cc3cnccc3N3CCOCC3)n2)cc1. The molecule has 0 saturated carbocycles. The van der Waals surface area contributed by atoms with E-state index in [1.807, 2.05) is 13.0 Å². The van der Waals surface area contributed by atoms with Gasteiger partial charge >= 0.3 is 29.9 Å². The molecule has 3 atom stereocenters. The first-order valence-corrected chi connectivity index (χ1v) is 34.2. The minimum atomic E-state index is -3.85. The van der Waals surface area contributed by atoms with Crippen LogP contribution in [0.5, 0.6) is 5.75 Å². The van der Waals surface area contributed by atoms with Gasteiger partial charge in [0, 0.05) is 107 Å². The molecule has 2 aromatic heterocycles. The zero-order chi connectivity index (χ0) is 70.3. The van der Waals surface area contributed by atoms with Crippen molar-refractivity contribution in [2.24, 2.45) is 17.6 Å². The van der Waals surface area contributed by atoms with Crippen LogP contribution in [0.4, 0.5) is 16.3 Å². The topological polar surface area (TPSA) is 408 Å². The van der Waals surface area contributed by atoms with Crippen molar-refractivity contribution in [3.8, 4) is 17.0 Å². The number of imide groups is 1. The van der Waals surface area contributed by atoms with Gasteiger partial charge in [-0.05, 0) is 99.2 Å². The summed E-state index contributed by atoms with van der Waals surface area (Å²) in [6, 6.07) is 14.1. The third kappa shape index (κ3) is 27.4. The molecule has 1 unspecified atom stereocenters. The minimum Gasteiger partial charge on any atom is -0.491 e. The Morgan fingerprint density at radius 3 is 2.12 bits per heavy atom. The van der Waals surface area contributed by atoms with E-state index in [4.69, 9.17) is 44.7 Å². The fourth-order valence-corrected chi connectivity index (χ4v) is 11.4. The number of nitrogen functional groups attached to an aromatic ring is 1. The van der Waals surface area contributed by atoms with Crippen molar-refractivity contribution in [2.75, 3.05) is 81.4 Å². The summed E-state index contributed by atoms with van der Waals surface area (Å²) in [4.78, 5) is 158. The second-order valence-corrected chi connectivity index (χ2v) is 25.9. The normalized spacial score (nSPS) is 14.1. The van der Waals surface area contributed by atoms with E-state index >= 15 is 0 Å². The summed E-state index contributed by atoms with van der Waals surface area (Å²) in [5, 5.41) is 5.71. The number of ether oxygens (including phenoxy) is 6. The number of nitrogens with zero attached hydrogens (tertiary/aromatic N) is 5. The smallest absolute Gasteiger partial charge is 0.333 e. The first kappa shape index (κ1) is 76.7. The van der Waals surface area contributed by atoms with Crippen LogP contribution in [0.3, 0.4) is 0 Å². The number of sulfone groups is 1. The van der Waals surface area contributed by atoms with Crippen LogP contribution >= 0.6 is 0 Å². The molecule has 6 N–H and O–H groups in total. The quantitative estimate of drug-likeness (QED) is 0.0152. The van der Waals surface area contributed by atoms with E-state index in [0.717, 1.165) is 11.3 Å². The molecule has 4 heterocycles. The molecule has 4 aromatic rings. The highest BCUT2D eigenvalue weighted by molar-refractivity contribution is 7.92. The summed E-state index contributed by atoms with van der Waals surface area (Å²) in [6.07, 6.45) is 5.79. The Hall–Kier alpha value is -9.29. The Balaban J connectivity index is 0.844. The lowest BCUT2D eigenvalue weighted by Gasteiger charge is -2.30. The number of primary amides is 1. The molecule has 5 amide bonds. The van der Waals surface area contributed by atoms with E-state index in [-0.39, 0.29) is 170 Å². The van der Waals surface area contributed by atoms with Gasteiger partial charge in [0.05, 0.1) is 68.6 Å². The van der Waals surface area contributed by atoms with E-state index in [2.05, 4.69) is 30.5 Å². The molecule has 0 aliphatic carbocycles. The summed E-state index contributed by atoms with van der Waals surface area (Å²) in [5.41, 5.74) is 15.5. The van der Waals surface area contributed by atoms with Gasteiger partial charge in [-0.15, -0.1) is 5.06 Å². The third-order valence-corrected chi connectivity index (χ3v) is 17.2. The molecule has 2 saturated heterocycles. The molecule has 0 radical (unpaired) electrons. The van der Waals surface area contributed by atoms with Gasteiger partial charge in [-0.3, -0.25) is 48.1 Å². The maximum atomic E-state index is 13.8. The number of urea groups is 1. The van der Waals surface area contributed by atoms with Crippen LogP contribution in [-0.4, -0.2) is 176 Å². The number of ketones is 3. The molecule has 6 rings (SSSR count). The molecule has 29 nitrogen and oxygen atoms in total. The van der Waals surface area contributed by atoms with Crippen molar-refractivity contribution in [1.82, 2.24) is 30.6 Å². The second kappa shape index (κ2) is 39.7. The number of hydrogen-bond donors (Lipinski definition) is 4. The number of morpholine rings is 1. The summed E-state index contributed by atoms with van der Waals surface area (Å²) < 4.78 is 57.9. The van der Waals surface area contributed by atoms with Crippen molar-refractivity contribution in [2.45, 2.75) is 142 Å². The van der Waals surface area contributed by atoms with Gasteiger partial charge in [0.2, 0.25) is 5.91 Å². The first-order chi connectivity index (χ1) is 46.4. The van der Waals surface area contributed by atoms with Gasteiger partial charge in [0.1, 0.15) is 36.2 Å². The number of hydrogen-bond acceptors (Lipinski definition) is 25. The monoisotopic (exact) mass is 1370 g/mol. The van der Waals surface area contributed by atoms with Crippen molar-refractivity contribution in [3.05, 3.63) is 95.6 Å². The molecule has 2 aliphatic heterocycles. The summed E-state index contributed by atoms with van der Waals surface area (Å²) in [7, 11) is -3.85. The van der Waals surface area contributed by atoms with Gasteiger partial charge < -0.3 is 60.3 Å². The number of aromatic nitrogens is 3. The molecule has 2 fully saturated rings. The van der Waals surface area contributed by atoms with Gasteiger partial charge in [-0.2, -0.15) is 0 Å². The fourth-order valence-electron chi connectivity index (χ4n) is 10.2. The van der Waals surface area contributed by atoms with Crippen molar-refractivity contribution >= 4 is 86.3 Å². The molecule has 2 aliphatic rings. The number of nitrogens with two attached hydrogens (primary N) is 2. The number of amides is 5. The zero-order valence-corrected chi connectivity index (χ0v) is 55.8. The van der Waals surface area contributed by atoms with Gasteiger partial charge in [-0.1, -0.05) is 38.1 Å². The average molecular weight is 1370 g/mol. The fraction of sp³-hybridized carbons (Fsp3) is 0.522. The number of anilines is 2. The van der Waals surface area contributed by atoms with E-state index in [9.17, 15) is 61.2 Å². The van der Waals surface area contributed by atoms with Gasteiger partial charge in [-0.25, -0.2) is 28.0 Å². The maximum absolute atomic E-state index is 13.8. The van der Waals surface area contributed by atoms with E-state index < -0.39 is 75.2 Å². The number of esters is 3. The van der Waals surface area contributed by atoms with Crippen molar-refractivity contribution in [3.63, 3.8) is 0 Å². The predicted molar refractivity (Wildman–Crippen MR) is 349 cm³/mol. The summed E-state index contributed by atoms with van der Waals surface area (Å²) in [6.45, 7) is 7.57. The number of hydroxylamine groups is 2. The number of carbonyl (C=O) groups excluding carboxylic acids is 11. The largest absolute Gasteiger partial charge is 0.491 e. The Morgan fingerprint density at radius 1 is 0.711 bits per heavy atom. The molecule has 97 heavy (non-hydrogen) atoms. The summed E-state index contributed by atoms with van der Waals surface area (Å²) in [5.74, 6) is -7.39. The maximum Gasteiger partial charge on any atom is 0.333 e. The van der Waals surface area contributed by atoms with Gasteiger partial charge in [0.15, 0.2) is 27.2 Å². The highest BCUT2D eigenvalue weighted by Gasteiger charge is 2.33. The predicted octanol–water partition coefficient (Wildman–Crippen LogP) is 4.81. The Bertz CT molecular complexity index is 3460. The lowest BCUT2D eigenvalue weighted by atomic mass is 9.90. The Morgan fingerprint density at radius 2 is 1.41 bits per heavy atom. The van der Waals surface area contributed by atoms with E-state index in [1.54, 1.807) is 74.8 Å². The highest BCUT2D eigenvalue weighted by atomic mass is 32.2. The number of Topliss-reactive ketones (excluding diaryl/α,β-unsaturated/α-hetero) is 3. The molecule has 0 spiro atoms. The minimum absolute atomic E-state index is 0.0240. The van der Waals surface area contributed by atoms with Crippen LogP contribution in [0.15, 0.2) is 73.2 Å². The number of benzene rings is 2.